The molecule has 0 saturated heterocycles. The second-order valence-electron chi connectivity index (χ2n) is 4.51. The first-order chi connectivity index (χ1) is 6.65. The van der Waals surface area contributed by atoms with Crippen LogP contribution >= 0.6 is 11.6 Å². The molecule has 3 heteroatoms. The average molecular weight is 218 g/mol. The molecule has 0 aliphatic heterocycles. The van der Waals surface area contributed by atoms with Gasteiger partial charge in [-0.2, -0.15) is 0 Å². The standard InChI is InChI=1S/C11H20ClNO/c1-8(7-12)4-3-5-13-11(14)10-6-9(10)2/h8-10H,3-7H2,1-2H3,(H,13,14). The van der Waals surface area contributed by atoms with Gasteiger partial charge in [0.1, 0.15) is 0 Å². The number of amides is 1. The van der Waals surface area contributed by atoms with Gasteiger partial charge in [0, 0.05) is 18.3 Å². The van der Waals surface area contributed by atoms with Crippen LogP contribution in [0.5, 0.6) is 0 Å². The molecule has 1 aliphatic carbocycles. The molecule has 3 unspecified atom stereocenters. The fourth-order valence-corrected chi connectivity index (χ4v) is 1.71. The largest absolute Gasteiger partial charge is 0.356 e. The van der Waals surface area contributed by atoms with Crippen molar-refractivity contribution in [1.29, 1.82) is 0 Å². The van der Waals surface area contributed by atoms with Crippen molar-refractivity contribution in [3.63, 3.8) is 0 Å². The maximum absolute atomic E-state index is 11.4. The molecule has 1 rings (SSSR count). The summed E-state index contributed by atoms with van der Waals surface area (Å²) in [6.07, 6.45) is 3.22. The van der Waals surface area contributed by atoms with Gasteiger partial charge in [-0.15, -0.1) is 11.6 Å². The fourth-order valence-electron chi connectivity index (χ4n) is 1.56. The van der Waals surface area contributed by atoms with Gasteiger partial charge in [-0.25, -0.2) is 0 Å². The summed E-state index contributed by atoms with van der Waals surface area (Å²) in [6.45, 7) is 5.07. The van der Waals surface area contributed by atoms with Gasteiger partial charge in [0.15, 0.2) is 0 Å². The summed E-state index contributed by atoms with van der Waals surface area (Å²) in [5.41, 5.74) is 0. The normalized spacial score (nSPS) is 27.1. The first kappa shape index (κ1) is 11.8. The van der Waals surface area contributed by atoms with E-state index in [1.54, 1.807) is 0 Å². The number of alkyl halides is 1. The molecule has 82 valence electrons. The van der Waals surface area contributed by atoms with Crippen molar-refractivity contribution >= 4 is 17.5 Å². The van der Waals surface area contributed by atoms with Crippen LogP contribution < -0.4 is 5.32 Å². The van der Waals surface area contributed by atoms with Gasteiger partial charge in [-0.3, -0.25) is 4.79 Å². The maximum Gasteiger partial charge on any atom is 0.223 e. The van der Waals surface area contributed by atoms with E-state index >= 15 is 0 Å². The van der Waals surface area contributed by atoms with Crippen molar-refractivity contribution in [2.24, 2.45) is 17.8 Å². The first-order valence-corrected chi connectivity index (χ1v) is 6.02. The van der Waals surface area contributed by atoms with Gasteiger partial charge in [0.25, 0.3) is 0 Å². The summed E-state index contributed by atoms with van der Waals surface area (Å²) in [6, 6.07) is 0. The van der Waals surface area contributed by atoms with Gasteiger partial charge in [0.2, 0.25) is 5.91 Å². The lowest BCUT2D eigenvalue weighted by molar-refractivity contribution is -0.122. The molecule has 3 atom stereocenters. The van der Waals surface area contributed by atoms with E-state index < -0.39 is 0 Å². The smallest absolute Gasteiger partial charge is 0.223 e. The lowest BCUT2D eigenvalue weighted by Gasteiger charge is -2.07. The van der Waals surface area contributed by atoms with Gasteiger partial charge in [-0.1, -0.05) is 13.8 Å². The third-order valence-electron chi connectivity index (χ3n) is 2.88. The Morgan fingerprint density at radius 2 is 2.29 bits per heavy atom. The van der Waals surface area contributed by atoms with Crippen molar-refractivity contribution < 1.29 is 4.79 Å². The van der Waals surface area contributed by atoms with E-state index in [2.05, 4.69) is 19.2 Å². The molecule has 2 nitrogen and oxygen atoms in total. The van der Waals surface area contributed by atoms with Crippen molar-refractivity contribution in [3.8, 4) is 0 Å². The van der Waals surface area contributed by atoms with E-state index in [0.717, 1.165) is 25.8 Å². The Labute approximate surface area is 91.4 Å². The second kappa shape index (κ2) is 5.59. The second-order valence-corrected chi connectivity index (χ2v) is 4.82. The molecule has 1 N–H and O–H groups in total. The summed E-state index contributed by atoms with van der Waals surface area (Å²) in [7, 11) is 0. The van der Waals surface area contributed by atoms with Crippen LogP contribution in [0.3, 0.4) is 0 Å². The molecular formula is C11H20ClNO. The summed E-state index contributed by atoms with van der Waals surface area (Å²) in [4.78, 5) is 11.4. The van der Waals surface area contributed by atoms with Gasteiger partial charge >= 0.3 is 0 Å². The molecule has 0 aromatic rings. The molecule has 0 spiro atoms. The number of carbonyl (C=O) groups excluding carboxylic acids is 1. The van der Waals surface area contributed by atoms with E-state index in [-0.39, 0.29) is 5.91 Å². The highest BCUT2D eigenvalue weighted by atomic mass is 35.5. The monoisotopic (exact) mass is 217 g/mol. The lowest BCUT2D eigenvalue weighted by atomic mass is 10.1. The molecule has 0 heterocycles. The Balaban J connectivity index is 1.96. The van der Waals surface area contributed by atoms with Gasteiger partial charge in [-0.05, 0) is 31.1 Å². The summed E-state index contributed by atoms with van der Waals surface area (Å²) in [5, 5.41) is 2.97. The van der Waals surface area contributed by atoms with E-state index in [0.29, 0.717) is 23.6 Å². The topological polar surface area (TPSA) is 29.1 Å². The van der Waals surface area contributed by atoms with Crippen molar-refractivity contribution in [3.05, 3.63) is 0 Å². The predicted molar refractivity (Wildman–Crippen MR) is 59.4 cm³/mol. The van der Waals surface area contributed by atoms with Crippen LogP contribution in [0.1, 0.15) is 33.1 Å². The molecule has 1 fully saturated rings. The summed E-state index contributed by atoms with van der Waals surface area (Å²) in [5.74, 6) is 2.44. The highest BCUT2D eigenvalue weighted by Gasteiger charge is 2.38. The Hall–Kier alpha value is -0.240. The molecule has 1 aliphatic rings. The lowest BCUT2D eigenvalue weighted by Crippen LogP contribution is -2.26. The Kier molecular flexibility index (Phi) is 4.73. The van der Waals surface area contributed by atoms with E-state index in [1.807, 2.05) is 0 Å². The highest BCUT2D eigenvalue weighted by molar-refractivity contribution is 6.18. The highest BCUT2D eigenvalue weighted by Crippen LogP contribution is 2.37. The molecule has 0 aromatic heterocycles. The molecule has 0 bridgehead atoms. The van der Waals surface area contributed by atoms with Crippen LogP contribution in [0, 0.1) is 17.8 Å². The van der Waals surface area contributed by atoms with E-state index in [4.69, 9.17) is 11.6 Å². The van der Waals surface area contributed by atoms with Crippen LogP contribution in [0.15, 0.2) is 0 Å². The van der Waals surface area contributed by atoms with Crippen LogP contribution in [0.4, 0.5) is 0 Å². The van der Waals surface area contributed by atoms with Gasteiger partial charge < -0.3 is 5.32 Å². The number of rotatable bonds is 6. The summed E-state index contributed by atoms with van der Waals surface area (Å²) < 4.78 is 0. The minimum absolute atomic E-state index is 0.246. The number of carbonyl (C=O) groups is 1. The number of nitrogens with one attached hydrogen (secondary N) is 1. The van der Waals surface area contributed by atoms with Crippen molar-refractivity contribution in [2.75, 3.05) is 12.4 Å². The molecule has 1 saturated carbocycles. The van der Waals surface area contributed by atoms with Crippen LogP contribution in [-0.4, -0.2) is 18.3 Å². The predicted octanol–water partition coefficient (Wildman–Crippen LogP) is 2.41. The van der Waals surface area contributed by atoms with Crippen LogP contribution in [-0.2, 0) is 4.79 Å². The number of hydrogen-bond acceptors (Lipinski definition) is 1. The van der Waals surface area contributed by atoms with Crippen LogP contribution in [0.25, 0.3) is 0 Å². The average Bonchev–Trinajstić information content (AvgIpc) is 2.89. The number of halogens is 1. The summed E-state index contributed by atoms with van der Waals surface area (Å²) >= 11 is 5.69. The quantitative estimate of drug-likeness (QED) is 0.537. The van der Waals surface area contributed by atoms with Crippen molar-refractivity contribution in [2.45, 2.75) is 33.1 Å². The minimum Gasteiger partial charge on any atom is -0.356 e. The third-order valence-corrected chi connectivity index (χ3v) is 3.41. The zero-order chi connectivity index (χ0) is 10.6. The van der Waals surface area contributed by atoms with E-state index in [1.165, 1.54) is 0 Å². The zero-order valence-corrected chi connectivity index (χ0v) is 9.81. The first-order valence-electron chi connectivity index (χ1n) is 5.48. The SMILES string of the molecule is CC(CCl)CCCNC(=O)C1CC1C. The Morgan fingerprint density at radius 1 is 1.64 bits per heavy atom. The molecular weight excluding hydrogens is 198 g/mol. The number of hydrogen-bond donors (Lipinski definition) is 1. The molecule has 0 radical (unpaired) electrons. The fraction of sp³-hybridized carbons (Fsp3) is 0.909. The van der Waals surface area contributed by atoms with Gasteiger partial charge in [0.05, 0.1) is 0 Å². The van der Waals surface area contributed by atoms with Crippen molar-refractivity contribution in [1.82, 2.24) is 5.32 Å². The third kappa shape index (κ3) is 3.87. The molecule has 0 aromatic carbocycles. The van der Waals surface area contributed by atoms with Crippen LogP contribution in [0.2, 0.25) is 0 Å². The molecule has 1 amide bonds. The maximum atomic E-state index is 11.4. The zero-order valence-electron chi connectivity index (χ0n) is 9.05. The minimum atomic E-state index is 0.246. The van der Waals surface area contributed by atoms with E-state index in [9.17, 15) is 4.79 Å². The Morgan fingerprint density at radius 3 is 2.79 bits per heavy atom. The molecule has 14 heavy (non-hydrogen) atoms. The Bertz CT molecular complexity index is 196.